The van der Waals surface area contributed by atoms with Crippen LogP contribution in [0.25, 0.3) is 0 Å². The molecule has 1 aliphatic heterocycles. The summed E-state index contributed by atoms with van der Waals surface area (Å²) in [6.07, 6.45) is -0.956. The van der Waals surface area contributed by atoms with Gasteiger partial charge in [-0.3, -0.25) is 0 Å². The van der Waals surface area contributed by atoms with Gasteiger partial charge in [-0.05, 0) is 80.8 Å². The molecule has 2 aromatic rings. The molecule has 1 saturated heterocycles. The second-order valence-electron chi connectivity index (χ2n) is 9.81. The Morgan fingerprint density at radius 2 is 1.74 bits per heavy atom. The number of rotatable bonds is 11. The fourth-order valence-corrected chi connectivity index (χ4v) is 4.72. The zero-order valence-corrected chi connectivity index (χ0v) is 21.8. The minimum Gasteiger partial charge on any atom is -0.494 e. The summed E-state index contributed by atoms with van der Waals surface area (Å²) in [4.78, 5) is 0. The molecule has 1 heterocycles. The molecule has 5 N–H and O–H groups in total. The Labute approximate surface area is 212 Å². The van der Waals surface area contributed by atoms with Gasteiger partial charge in [0.1, 0.15) is 35.6 Å². The number of aliphatic hydroxyl groups excluding tert-OH is 4. The monoisotopic (exact) mass is 505 g/mol. The highest BCUT2D eigenvalue weighted by molar-refractivity contribution is 7.99. The first-order valence-electron chi connectivity index (χ1n) is 12.0. The predicted molar refractivity (Wildman–Crippen MR) is 139 cm³/mol. The summed E-state index contributed by atoms with van der Waals surface area (Å²) in [7, 11) is 0. The molecule has 5 unspecified atom stereocenters. The van der Waals surface area contributed by atoms with Crippen LogP contribution in [0, 0.1) is 6.92 Å². The van der Waals surface area contributed by atoms with Gasteiger partial charge in [-0.25, -0.2) is 0 Å². The van der Waals surface area contributed by atoms with Gasteiger partial charge in [-0.1, -0.05) is 30.3 Å². The van der Waals surface area contributed by atoms with E-state index in [4.69, 9.17) is 9.47 Å². The Morgan fingerprint density at radius 3 is 2.40 bits per heavy atom. The molecular weight excluding hydrogens is 466 g/mol. The molecule has 5 atom stereocenters. The van der Waals surface area contributed by atoms with Crippen LogP contribution >= 0.6 is 11.8 Å². The second kappa shape index (κ2) is 12.5. The molecule has 0 bridgehead atoms. The van der Waals surface area contributed by atoms with Crippen LogP contribution in [0.15, 0.2) is 42.5 Å². The van der Waals surface area contributed by atoms with Crippen LogP contribution in [0.1, 0.15) is 48.6 Å². The average molecular weight is 506 g/mol. The van der Waals surface area contributed by atoms with E-state index in [1.54, 1.807) is 6.26 Å². The van der Waals surface area contributed by atoms with Crippen molar-refractivity contribution in [1.29, 1.82) is 0 Å². The fourth-order valence-electron chi connectivity index (χ4n) is 4.05. The Kier molecular flexibility index (Phi) is 10.0. The Balaban J connectivity index is 1.60. The van der Waals surface area contributed by atoms with Crippen LogP contribution in [0.3, 0.4) is 0 Å². The highest BCUT2D eigenvalue weighted by Gasteiger charge is 2.44. The van der Waals surface area contributed by atoms with Crippen molar-refractivity contribution in [2.75, 3.05) is 26.0 Å². The summed E-state index contributed by atoms with van der Waals surface area (Å²) in [6, 6.07) is 13.9. The van der Waals surface area contributed by atoms with Gasteiger partial charge in [-0.2, -0.15) is 0 Å². The number of nitrogens with one attached hydrogen (secondary N) is 1. The first-order valence-corrected chi connectivity index (χ1v) is 13.3. The van der Waals surface area contributed by atoms with Gasteiger partial charge in [-0.15, -0.1) is 11.8 Å². The van der Waals surface area contributed by atoms with Gasteiger partial charge in [0.15, 0.2) is 0 Å². The molecule has 0 aliphatic carbocycles. The zero-order valence-electron chi connectivity index (χ0n) is 21.0. The molecule has 3 rings (SSSR count). The molecule has 35 heavy (non-hydrogen) atoms. The van der Waals surface area contributed by atoms with Crippen molar-refractivity contribution in [2.45, 2.75) is 69.0 Å². The second-order valence-corrected chi connectivity index (χ2v) is 10.7. The van der Waals surface area contributed by atoms with Crippen LogP contribution in [0.5, 0.6) is 5.75 Å². The van der Waals surface area contributed by atoms with Crippen molar-refractivity contribution in [3.05, 3.63) is 64.7 Å². The number of aliphatic hydroxyl groups is 4. The molecule has 0 spiro atoms. The SMILES string of the molecule is CSC1OC(c2ccc(C)c(Cc3ccc(OCCCNC(C)(C)CO)cc3)c2)C(O)C(O)C1O. The lowest BCUT2D eigenvalue weighted by Crippen LogP contribution is -2.52. The van der Waals surface area contributed by atoms with E-state index in [0.29, 0.717) is 13.0 Å². The molecule has 0 saturated carbocycles. The molecule has 1 aliphatic rings. The van der Waals surface area contributed by atoms with Crippen molar-refractivity contribution < 1.29 is 29.9 Å². The summed E-state index contributed by atoms with van der Waals surface area (Å²) >= 11 is 1.31. The fraction of sp³-hybridized carbons (Fsp3) is 0.556. The first kappa shape index (κ1) is 27.9. The van der Waals surface area contributed by atoms with E-state index in [9.17, 15) is 20.4 Å². The smallest absolute Gasteiger partial charge is 0.132 e. The molecule has 2 aromatic carbocycles. The van der Waals surface area contributed by atoms with Crippen molar-refractivity contribution in [1.82, 2.24) is 5.32 Å². The topological polar surface area (TPSA) is 111 Å². The molecule has 8 heteroatoms. The largest absolute Gasteiger partial charge is 0.494 e. The number of thioether (sulfide) groups is 1. The molecule has 7 nitrogen and oxygen atoms in total. The van der Waals surface area contributed by atoms with Crippen molar-refractivity contribution in [3.8, 4) is 5.75 Å². The third-order valence-corrected chi connectivity index (χ3v) is 7.26. The average Bonchev–Trinajstić information content (AvgIpc) is 2.85. The highest BCUT2D eigenvalue weighted by atomic mass is 32.2. The van der Waals surface area contributed by atoms with E-state index in [2.05, 4.69) is 5.32 Å². The van der Waals surface area contributed by atoms with E-state index >= 15 is 0 Å². The lowest BCUT2D eigenvalue weighted by molar-refractivity contribution is -0.200. The number of ether oxygens (including phenoxy) is 2. The lowest BCUT2D eigenvalue weighted by Gasteiger charge is -2.40. The third-order valence-electron chi connectivity index (χ3n) is 6.41. The van der Waals surface area contributed by atoms with E-state index in [-0.39, 0.29) is 12.1 Å². The molecule has 0 radical (unpaired) electrons. The van der Waals surface area contributed by atoms with Crippen LogP contribution in [-0.2, 0) is 11.2 Å². The van der Waals surface area contributed by atoms with Gasteiger partial charge in [0.2, 0.25) is 0 Å². The van der Waals surface area contributed by atoms with Crippen LogP contribution in [-0.4, -0.2) is 75.7 Å². The number of hydrogen-bond donors (Lipinski definition) is 5. The molecule has 0 amide bonds. The van der Waals surface area contributed by atoms with Crippen LogP contribution in [0.2, 0.25) is 0 Å². The molecule has 0 aromatic heterocycles. The Morgan fingerprint density at radius 1 is 1.03 bits per heavy atom. The minimum atomic E-state index is -1.26. The van der Waals surface area contributed by atoms with Gasteiger partial charge >= 0.3 is 0 Å². The number of hydrogen-bond acceptors (Lipinski definition) is 8. The first-order chi connectivity index (χ1) is 16.6. The minimum absolute atomic E-state index is 0.0926. The maximum absolute atomic E-state index is 10.5. The normalized spacial score (nSPS) is 25.0. The van der Waals surface area contributed by atoms with Gasteiger partial charge in [0.05, 0.1) is 13.2 Å². The Hall–Kier alpha value is -1.65. The quantitative estimate of drug-likeness (QED) is 0.296. The van der Waals surface area contributed by atoms with Gasteiger partial charge in [0, 0.05) is 5.54 Å². The summed E-state index contributed by atoms with van der Waals surface area (Å²) < 4.78 is 11.8. The standard InChI is InChI=1S/C27H39NO6S/c1-17-6-9-19(25-23(31)22(30)24(32)26(34-25)35-4)15-20(17)14-18-7-10-21(11-8-18)33-13-5-12-28-27(2,3)16-29/h6-11,15,22-26,28-32H,5,12-14,16H2,1-4H3. The predicted octanol–water partition coefficient (Wildman–Crippen LogP) is 2.56. The third kappa shape index (κ3) is 7.43. The summed E-state index contributed by atoms with van der Waals surface area (Å²) in [6.45, 7) is 7.43. The molecule has 1 fully saturated rings. The van der Waals surface area contributed by atoms with Crippen molar-refractivity contribution >= 4 is 11.8 Å². The molecular formula is C27H39NO6S. The van der Waals surface area contributed by atoms with E-state index < -0.39 is 29.9 Å². The number of benzene rings is 2. The van der Waals surface area contributed by atoms with Crippen LogP contribution in [0.4, 0.5) is 0 Å². The maximum Gasteiger partial charge on any atom is 0.132 e. The van der Waals surface area contributed by atoms with Crippen molar-refractivity contribution in [3.63, 3.8) is 0 Å². The number of aryl methyl sites for hydroxylation is 1. The lowest BCUT2D eigenvalue weighted by atomic mass is 9.91. The van der Waals surface area contributed by atoms with E-state index in [1.165, 1.54) is 11.8 Å². The molecule has 194 valence electrons. The maximum atomic E-state index is 10.5. The highest BCUT2D eigenvalue weighted by Crippen LogP contribution is 2.36. The summed E-state index contributed by atoms with van der Waals surface area (Å²) in [5, 5.41) is 43.5. The van der Waals surface area contributed by atoms with Crippen LogP contribution < -0.4 is 10.1 Å². The van der Waals surface area contributed by atoms with Crippen molar-refractivity contribution in [2.24, 2.45) is 0 Å². The van der Waals surface area contributed by atoms with Gasteiger partial charge in [0.25, 0.3) is 0 Å². The Bertz CT molecular complexity index is 936. The summed E-state index contributed by atoms with van der Waals surface area (Å²) in [5.41, 5.74) is 3.25. The van der Waals surface area contributed by atoms with E-state index in [0.717, 1.165) is 41.0 Å². The van der Waals surface area contributed by atoms with E-state index in [1.807, 2.05) is 63.2 Å². The van der Waals surface area contributed by atoms with Gasteiger partial charge < -0.3 is 35.2 Å². The zero-order chi connectivity index (χ0) is 25.6. The summed E-state index contributed by atoms with van der Waals surface area (Å²) in [5.74, 6) is 0.815.